The van der Waals surface area contributed by atoms with Gasteiger partial charge in [-0.15, -0.1) is 0 Å². The number of hydrogen-bond acceptors (Lipinski definition) is 4. The number of nitrogens with one attached hydrogen (secondary N) is 1. The second kappa shape index (κ2) is 7.84. The van der Waals surface area contributed by atoms with Gasteiger partial charge in [0.1, 0.15) is 5.69 Å². The Bertz CT molecular complexity index is 972. The zero-order valence-electron chi connectivity index (χ0n) is 14.7. The van der Waals surface area contributed by atoms with Crippen LogP contribution in [0.5, 0.6) is 0 Å². The number of nitrogens with two attached hydrogens (primary N) is 1. The van der Waals surface area contributed by atoms with E-state index in [1.165, 1.54) is 0 Å². The second-order valence-electron chi connectivity index (χ2n) is 5.80. The van der Waals surface area contributed by atoms with Crippen molar-refractivity contribution in [1.29, 1.82) is 0 Å². The molecule has 8 heteroatoms. The van der Waals surface area contributed by atoms with Gasteiger partial charge in [-0.25, -0.2) is 4.98 Å². The van der Waals surface area contributed by atoms with Crippen LogP contribution >= 0.6 is 15.9 Å². The molecular formula is C18H21BrN6O. The van der Waals surface area contributed by atoms with Gasteiger partial charge in [0, 0.05) is 24.1 Å². The molecule has 26 heavy (non-hydrogen) atoms. The Hall–Kier alpha value is -2.45. The molecule has 3 aromatic rings. The second-order valence-corrected chi connectivity index (χ2v) is 6.66. The number of aryl methyl sites for hydroxylation is 2. The Morgan fingerprint density at radius 3 is 2.92 bits per heavy atom. The molecule has 0 saturated carbocycles. The summed E-state index contributed by atoms with van der Waals surface area (Å²) in [5.41, 5.74) is 8.58. The van der Waals surface area contributed by atoms with Crippen molar-refractivity contribution in [1.82, 2.24) is 19.3 Å². The molecule has 136 valence electrons. The predicted molar refractivity (Wildman–Crippen MR) is 106 cm³/mol. The van der Waals surface area contributed by atoms with Gasteiger partial charge in [0.05, 0.1) is 16.7 Å². The van der Waals surface area contributed by atoms with E-state index in [1.54, 1.807) is 10.7 Å². The Labute approximate surface area is 160 Å². The lowest BCUT2D eigenvalue weighted by Gasteiger charge is -2.09. The number of rotatable bonds is 6. The van der Waals surface area contributed by atoms with E-state index in [-0.39, 0.29) is 5.91 Å². The van der Waals surface area contributed by atoms with E-state index >= 15 is 0 Å². The number of hydrogen-bond donors (Lipinski definition) is 2. The highest BCUT2D eigenvalue weighted by molar-refractivity contribution is 9.10. The number of anilines is 1. The number of aromatic nitrogens is 4. The molecule has 0 aliphatic heterocycles. The normalized spacial score (nSPS) is 11.5. The summed E-state index contributed by atoms with van der Waals surface area (Å²) in [6.45, 7) is 5.46. The van der Waals surface area contributed by atoms with Crippen molar-refractivity contribution >= 4 is 38.8 Å². The molecule has 0 atom stereocenters. The molecule has 1 aromatic carbocycles. The Balaban J connectivity index is 2.01. The smallest absolute Gasteiger partial charge is 0.276 e. The fourth-order valence-corrected chi connectivity index (χ4v) is 3.40. The third-order valence-corrected chi connectivity index (χ3v) is 4.61. The van der Waals surface area contributed by atoms with Gasteiger partial charge in [-0.05, 0) is 48.0 Å². The summed E-state index contributed by atoms with van der Waals surface area (Å²) in [4.78, 5) is 17.4. The van der Waals surface area contributed by atoms with Crippen molar-refractivity contribution < 1.29 is 4.79 Å². The lowest BCUT2D eigenvalue weighted by molar-refractivity contribution is 0.101. The third-order valence-electron chi connectivity index (χ3n) is 3.97. The molecule has 1 amide bonds. The van der Waals surface area contributed by atoms with E-state index in [0.717, 1.165) is 21.2 Å². The van der Waals surface area contributed by atoms with Gasteiger partial charge >= 0.3 is 0 Å². The molecule has 0 spiro atoms. The number of nitrogens with zero attached hydrogens (tertiary/aromatic N) is 4. The van der Waals surface area contributed by atoms with E-state index in [2.05, 4.69) is 31.3 Å². The van der Waals surface area contributed by atoms with Gasteiger partial charge in [-0.3, -0.25) is 14.8 Å². The number of halogens is 1. The first-order valence-electron chi connectivity index (χ1n) is 8.40. The van der Waals surface area contributed by atoms with Crippen LogP contribution in [-0.4, -0.2) is 31.8 Å². The number of benzene rings is 1. The molecule has 2 aromatic heterocycles. The quantitative estimate of drug-likeness (QED) is 0.603. The first-order chi connectivity index (χ1) is 12.5. The monoisotopic (exact) mass is 416 g/mol. The highest BCUT2D eigenvalue weighted by atomic mass is 79.9. The maximum Gasteiger partial charge on any atom is 0.276 e. The van der Waals surface area contributed by atoms with E-state index < -0.39 is 0 Å². The van der Waals surface area contributed by atoms with Crippen molar-refractivity contribution in [2.24, 2.45) is 5.73 Å². The maximum atomic E-state index is 12.8. The van der Waals surface area contributed by atoms with Gasteiger partial charge < -0.3 is 10.3 Å². The van der Waals surface area contributed by atoms with Gasteiger partial charge in [0.15, 0.2) is 0 Å². The van der Waals surface area contributed by atoms with Gasteiger partial charge in [0.2, 0.25) is 5.95 Å². The molecule has 3 rings (SSSR count). The van der Waals surface area contributed by atoms with Crippen LogP contribution in [0.4, 0.5) is 5.95 Å². The van der Waals surface area contributed by atoms with Crippen molar-refractivity contribution in [3.63, 3.8) is 0 Å². The van der Waals surface area contributed by atoms with E-state index in [0.29, 0.717) is 31.3 Å². The molecular weight excluding hydrogens is 396 g/mol. The minimum absolute atomic E-state index is 0.233. The molecule has 0 unspecified atom stereocenters. The van der Waals surface area contributed by atoms with Crippen LogP contribution in [0.25, 0.3) is 11.0 Å². The zero-order valence-corrected chi connectivity index (χ0v) is 16.3. The minimum Gasteiger partial charge on any atom is -0.327 e. The topological polar surface area (TPSA) is 90.8 Å². The SMILES string of the molecule is CCn1nc(C)cc1C(=O)Nc1nc2cccc(Br)c2n1C/C=C/CN. The average molecular weight is 417 g/mol. The highest BCUT2D eigenvalue weighted by Crippen LogP contribution is 2.27. The number of amides is 1. The standard InChI is InChI=1S/C18H21BrN6O/c1-3-25-15(11-12(2)23-25)17(26)22-18-21-14-8-6-7-13(19)16(14)24(18)10-5-4-9-20/h4-8,11H,3,9-10,20H2,1-2H3,(H,21,22,26)/b5-4+. The molecule has 0 bridgehead atoms. The average Bonchev–Trinajstić information content (AvgIpc) is 3.16. The number of para-hydroxylation sites is 1. The fourth-order valence-electron chi connectivity index (χ4n) is 2.83. The molecule has 0 fully saturated rings. The Kier molecular flexibility index (Phi) is 5.53. The summed E-state index contributed by atoms with van der Waals surface area (Å²) < 4.78 is 4.55. The van der Waals surface area contributed by atoms with Crippen molar-refractivity contribution in [2.45, 2.75) is 26.9 Å². The number of fused-ring (bicyclic) bond motifs is 1. The van der Waals surface area contributed by atoms with Crippen molar-refractivity contribution in [3.8, 4) is 0 Å². The van der Waals surface area contributed by atoms with E-state index in [4.69, 9.17) is 5.73 Å². The Morgan fingerprint density at radius 1 is 1.38 bits per heavy atom. The molecule has 2 heterocycles. The van der Waals surface area contributed by atoms with Crippen molar-refractivity contribution in [2.75, 3.05) is 11.9 Å². The number of carbonyl (C=O) groups is 1. The highest BCUT2D eigenvalue weighted by Gasteiger charge is 2.18. The molecule has 0 aliphatic carbocycles. The van der Waals surface area contributed by atoms with E-state index in [1.807, 2.05) is 48.8 Å². The summed E-state index contributed by atoms with van der Waals surface area (Å²) in [7, 11) is 0. The lowest BCUT2D eigenvalue weighted by Crippen LogP contribution is -2.19. The fraction of sp³-hybridized carbons (Fsp3) is 0.278. The van der Waals surface area contributed by atoms with Gasteiger partial charge in [0.25, 0.3) is 5.91 Å². The predicted octanol–water partition coefficient (Wildman–Crippen LogP) is 3.09. The first kappa shape index (κ1) is 18.3. The van der Waals surface area contributed by atoms with Gasteiger partial charge in [-0.1, -0.05) is 18.2 Å². The maximum absolute atomic E-state index is 12.8. The largest absolute Gasteiger partial charge is 0.327 e. The third kappa shape index (κ3) is 3.56. The molecule has 0 saturated heterocycles. The van der Waals surface area contributed by atoms with Crippen LogP contribution in [0.3, 0.4) is 0 Å². The van der Waals surface area contributed by atoms with Crippen LogP contribution in [0.1, 0.15) is 23.1 Å². The van der Waals surface area contributed by atoms with Crippen LogP contribution < -0.4 is 11.1 Å². The van der Waals surface area contributed by atoms with Crippen molar-refractivity contribution in [3.05, 3.63) is 52.3 Å². The summed E-state index contributed by atoms with van der Waals surface area (Å²) in [5.74, 6) is 0.253. The molecule has 7 nitrogen and oxygen atoms in total. The lowest BCUT2D eigenvalue weighted by atomic mass is 10.3. The molecule has 0 radical (unpaired) electrons. The number of imidazole rings is 1. The zero-order chi connectivity index (χ0) is 18.7. The summed E-state index contributed by atoms with van der Waals surface area (Å²) in [5, 5.41) is 7.25. The molecule has 3 N–H and O–H groups in total. The Morgan fingerprint density at radius 2 is 2.19 bits per heavy atom. The minimum atomic E-state index is -0.233. The molecule has 0 aliphatic rings. The van der Waals surface area contributed by atoms with Crippen LogP contribution in [0, 0.1) is 6.92 Å². The summed E-state index contributed by atoms with van der Waals surface area (Å²) in [6.07, 6.45) is 3.83. The van der Waals surface area contributed by atoms with E-state index in [9.17, 15) is 4.79 Å². The van der Waals surface area contributed by atoms with Crippen LogP contribution in [0.2, 0.25) is 0 Å². The van der Waals surface area contributed by atoms with Gasteiger partial charge in [-0.2, -0.15) is 5.10 Å². The first-order valence-corrected chi connectivity index (χ1v) is 9.20. The number of allylic oxidation sites excluding steroid dienone is 1. The summed E-state index contributed by atoms with van der Waals surface area (Å²) in [6, 6.07) is 7.56. The van der Waals surface area contributed by atoms with Crippen LogP contribution in [0.15, 0.2) is 40.9 Å². The van der Waals surface area contributed by atoms with Crippen LogP contribution in [-0.2, 0) is 13.1 Å². The summed E-state index contributed by atoms with van der Waals surface area (Å²) >= 11 is 3.57. The number of carbonyl (C=O) groups excluding carboxylic acids is 1.